The standard InChI is InChI=1S/C15H18N2O2S2/c1-13-12-16(21(18,19)15-8-5-11-20-15)9-10-17(13)14-6-3-2-4-7-14/h2-8,11,13H,9-10,12H2,1H3. The van der Waals surface area contributed by atoms with Crippen LogP contribution in [0.2, 0.25) is 0 Å². The molecule has 4 nitrogen and oxygen atoms in total. The quantitative estimate of drug-likeness (QED) is 0.872. The first-order valence-corrected chi connectivity index (χ1v) is 9.26. The lowest BCUT2D eigenvalue weighted by molar-refractivity contribution is 0.343. The molecule has 1 aliphatic rings. The molecule has 2 heterocycles. The van der Waals surface area contributed by atoms with Crippen molar-refractivity contribution in [3.05, 3.63) is 47.8 Å². The molecule has 1 aromatic heterocycles. The molecule has 1 atom stereocenters. The zero-order valence-corrected chi connectivity index (χ0v) is 13.5. The molecule has 0 amide bonds. The van der Waals surface area contributed by atoms with Crippen molar-refractivity contribution in [1.29, 1.82) is 0 Å². The van der Waals surface area contributed by atoms with E-state index in [0.29, 0.717) is 17.3 Å². The number of piperazine rings is 1. The van der Waals surface area contributed by atoms with E-state index in [9.17, 15) is 8.42 Å². The molecule has 0 aliphatic carbocycles. The van der Waals surface area contributed by atoms with E-state index in [4.69, 9.17) is 0 Å². The van der Waals surface area contributed by atoms with Gasteiger partial charge in [-0.2, -0.15) is 4.31 Å². The Morgan fingerprint density at radius 1 is 1.10 bits per heavy atom. The number of nitrogens with zero attached hydrogens (tertiary/aromatic N) is 2. The maximum absolute atomic E-state index is 12.6. The molecule has 0 N–H and O–H groups in total. The average molecular weight is 322 g/mol. The second-order valence-electron chi connectivity index (χ2n) is 5.17. The van der Waals surface area contributed by atoms with Crippen molar-refractivity contribution in [2.24, 2.45) is 0 Å². The number of rotatable bonds is 3. The molecule has 1 aromatic carbocycles. The molecule has 1 saturated heterocycles. The smallest absolute Gasteiger partial charge is 0.252 e. The minimum atomic E-state index is -3.33. The summed E-state index contributed by atoms with van der Waals surface area (Å²) < 4.78 is 27.1. The predicted molar refractivity (Wildman–Crippen MR) is 86.3 cm³/mol. The van der Waals surface area contributed by atoms with E-state index in [-0.39, 0.29) is 6.04 Å². The first kappa shape index (κ1) is 14.6. The van der Waals surface area contributed by atoms with Crippen molar-refractivity contribution >= 4 is 27.0 Å². The molecular formula is C15H18N2O2S2. The van der Waals surface area contributed by atoms with Crippen LogP contribution >= 0.6 is 11.3 Å². The summed E-state index contributed by atoms with van der Waals surface area (Å²) in [5.41, 5.74) is 1.15. The Bertz CT molecular complexity index is 684. The Hall–Kier alpha value is -1.37. The van der Waals surface area contributed by atoms with Gasteiger partial charge in [0.05, 0.1) is 0 Å². The van der Waals surface area contributed by atoms with Crippen LogP contribution in [0.1, 0.15) is 6.92 Å². The molecule has 0 radical (unpaired) electrons. The molecule has 1 unspecified atom stereocenters. The van der Waals surface area contributed by atoms with Crippen LogP contribution in [0.4, 0.5) is 5.69 Å². The Balaban J connectivity index is 1.77. The summed E-state index contributed by atoms with van der Waals surface area (Å²) in [5.74, 6) is 0. The van der Waals surface area contributed by atoms with Gasteiger partial charge in [0.25, 0.3) is 10.0 Å². The van der Waals surface area contributed by atoms with Gasteiger partial charge in [-0.05, 0) is 30.5 Å². The zero-order valence-electron chi connectivity index (χ0n) is 11.8. The van der Waals surface area contributed by atoms with Crippen LogP contribution in [0.3, 0.4) is 0 Å². The molecule has 6 heteroatoms. The van der Waals surface area contributed by atoms with Crippen molar-refractivity contribution in [1.82, 2.24) is 4.31 Å². The van der Waals surface area contributed by atoms with Gasteiger partial charge in [-0.25, -0.2) is 8.42 Å². The van der Waals surface area contributed by atoms with Crippen LogP contribution in [0.15, 0.2) is 52.1 Å². The number of anilines is 1. The Morgan fingerprint density at radius 2 is 1.86 bits per heavy atom. The number of thiophene rings is 1. The predicted octanol–water partition coefficient (Wildman–Crippen LogP) is 2.65. The van der Waals surface area contributed by atoms with Gasteiger partial charge < -0.3 is 4.90 Å². The summed E-state index contributed by atoms with van der Waals surface area (Å²) in [6.45, 7) is 3.84. The van der Waals surface area contributed by atoms with Gasteiger partial charge in [0.15, 0.2) is 0 Å². The van der Waals surface area contributed by atoms with Gasteiger partial charge in [0, 0.05) is 31.4 Å². The third-order valence-corrected chi connectivity index (χ3v) is 7.01. The maximum atomic E-state index is 12.6. The number of hydrogen-bond donors (Lipinski definition) is 0. The highest BCUT2D eigenvalue weighted by molar-refractivity contribution is 7.91. The lowest BCUT2D eigenvalue weighted by Crippen LogP contribution is -2.53. The minimum absolute atomic E-state index is 0.163. The highest BCUT2D eigenvalue weighted by Gasteiger charge is 2.32. The Morgan fingerprint density at radius 3 is 2.48 bits per heavy atom. The summed E-state index contributed by atoms with van der Waals surface area (Å²) in [5, 5.41) is 1.80. The molecule has 21 heavy (non-hydrogen) atoms. The SMILES string of the molecule is CC1CN(S(=O)(=O)c2cccs2)CCN1c1ccccc1. The van der Waals surface area contributed by atoms with E-state index in [0.717, 1.165) is 12.2 Å². The van der Waals surface area contributed by atoms with Crippen molar-refractivity contribution in [3.8, 4) is 0 Å². The van der Waals surface area contributed by atoms with Crippen molar-refractivity contribution in [2.75, 3.05) is 24.5 Å². The van der Waals surface area contributed by atoms with Crippen molar-refractivity contribution < 1.29 is 8.42 Å². The van der Waals surface area contributed by atoms with Gasteiger partial charge in [-0.3, -0.25) is 0 Å². The van der Waals surface area contributed by atoms with Crippen LogP contribution in [0, 0.1) is 0 Å². The maximum Gasteiger partial charge on any atom is 0.252 e. The zero-order chi connectivity index (χ0) is 14.9. The van der Waals surface area contributed by atoms with E-state index in [2.05, 4.69) is 24.0 Å². The van der Waals surface area contributed by atoms with E-state index in [1.807, 2.05) is 18.2 Å². The summed E-state index contributed by atoms with van der Waals surface area (Å²) in [6.07, 6.45) is 0. The lowest BCUT2D eigenvalue weighted by Gasteiger charge is -2.40. The van der Waals surface area contributed by atoms with E-state index >= 15 is 0 Å². The number of sulfonamides is 1. The van der Waals surface area contributed by atoms with Crippen molar-refractivity contribution in [2.45, 2.75) is 17.2 Å². The highest BCUT2D eigenvalue weighted by Crippen LogP contribution is 2.26. The molecule has 0 spiro atoms. The van der Waals surface area contributed by atoms with Gasteiger partial charge in [0.2, 0.25) is 0 Å². The van der Waals surface area contributed by atoms with Crippen LogP contribution in [0.5, 0.6) is 0 Å². The lowest BCUT2D eigenvalue weighted by atomic mass is 10.2. The first-order valence-electron chi connectivity index (χ1n) is 6.94. The van der Waals surface area contributed by atoms with E-state index in [1.165, 1.54) is 11.3 Å². The molecule has 1 aliphatic heterocycles. The van der Waals surface area contributed by atoms with Crippen LogP contribution < -0.4 is 4.90 Å². The van der Waals surface area contributed by atoms with Gasteiger partial charge in [-0.1, -0.05) is 24.3 Å². The normalized spacial score (nSPS) is 20.6. The average Bonchev–Trinajstić information content (AvgIpc) is 3.03. The topological polar surface area (TPSA) is 40.6 Å². The number of hydrogen-bond acceptors (Lipinski definition) is 4. The fourth-order valence-electron chi connectivity index (χ4n) is 2.68. The molecule has 0 bridgehead atoms. The Kier molecular flexibility index (Phi) is 4.01. The van der Waals surface area contributed by atoms with Crippen molar-refractivity contribution in [3.63, 3.8) is 0 Å². The summed E-state index contributed by atoms with van der Waals surface area (Å²) in [7, 11) is -3.33. The largest absolute Gasteiger partial charge is 0.366 e. The third kappa shape index (κ3) is 2.84. The summed E-state index contributed by atoms with van der Waals surface area (Å²) in [4.78, 5) is 2.26. The second-order valence-corrected chi connectivity index (χ2v) is 8.29. The van der Waals surface area contributed by atoms with Gasteiger partial charge in [0.1, 0.15) is 4.21 Å². The van der Waals surface area contributed by atoms with Crippen LogP contribution in [-0.2, 0) is 10.0 Å². The number of benzene rings is 1. The Labute approximate surface area is 129 Å². The molecule has 3 rings (SSSR count). The number of para-hydroxylation sites is 1. The summed E-state index contributed by atoms with van der Waals surface area (Å²) >= 11 is 1.28. The fourth-order valence-corrected chi connectivity index (χ4v) is 5.34. The highest BCUT2D eigenvalue weighted by atomic mass is 32.2. The molecule has 1 fully saturated rings. The van der Waals surface area contributed by atoms with Gasteiger partial charge >= 0.3 is 0 Å². The molecular weight excluding hydrogens is 304 g/mol. The second kappa shape index (κ2) is 5.79. The molecule has 0 saturated carbocycles. The van der Waals surface area contributed by atoms with Gasteiger partial charge in [-0.15, -0.1) is 11.3 Å². The molecule has 2 aromatic rings. The fraction of sp³-hybridized carbons (Fsp3) is 0.333. The van der Waals surface area contributed by atoms with Crippen LogP contribution in [-0.4, -0.2) is 38.4 Å². The van der Waals surface area contributed by atoms with E-state index in [1.54, 1.807) is 21.8 Å². The van der Waals surface area contributed by atoms with E-state index < -0.39 is 10.0 Å². The minimum Gasteiger partial charge on any atom is -0.366 e. The summed E-state index contributed by atoms with van der Waals surface area (Å²) in [6, 6.07) is 13.8. The van der Waals surface area contributed by atoms with Crippen LogP contribution in [0.25, 0.3) is 0 Å². The third-order valence-electron chi connectivity index (χ3n) is 3.77. The first-order chi connectivity index (χ1) is 10.1. The molecule has 112 valence electrons. The monoisotopic (exact) mass is 322 g/mol.